The van der Waals surface area contributed by atoms with Crippen LogP contribution < -0.4 is 10.1 Å². The average Bonchev–Trinajstić information content (AvgIpc) is 2.71. The number of carbonyl (C=O) groups is 1. The molecule has 0 unspecified atom stereocenters. The van der Waals surface area contributed by atoms with E-state index in [1.165, 1.54) is 5.56 Å². The third-order valence-corrected chi connectivity index (χ3v) is 4.24. The molecule has 0 aliphatic heterocycles. The zero-order valence-electron chi connectivity index (χ0n) is 14.9. The van der Waals surface area contributed by atoms with Crippen LogP contribution in [0.25, 0.3) is 0 Å². The van der Waals surface area contributed by atoms with Gasteiger partial charge in [0.1, 0.15) is 11.4 Å². The van der Waals surface area contributed by atoms with Gasteiger partial charge in [-0.2, -0.15) is 0 Å². The van der Waals surface area contributed by atoms with Gasteiger partial charge in [-0.25, -0.2) is 0 Å². The molecular weight excluding hydrogens is 288 g/mol. The highest BCUT2D eigenvalue weighted by atomic mass is 16.5. The normalized spacial score (nSPS) is 10.9. The Labute approximate surface area is 138 Å². The number of carbonyl (C=O) groups excluding carboxylic acids is 1. The Kier molecular flexibility index (Phi) is 5.14. The minimum Gasteiger partial charge on any atom is -0.497 e. The van der Waals surface area contributed by atoms with Crippen LogP contribution in [0.3, 0.4) is 0 Å². The molecule has 2 rings (SSSR count). The molecular formula is C19H26N2O2. The summed E-state index contributed by atoms with van der Waals surface area (Å²) in [5.41, 5.74) is 5.20. The predicted octanol–water partition coefficient (Wildman–Crippen LogP) is 3.61. The van der Waals surface area contributed by atoms with Crippen molar-refractivity contribution in [2.75, 3.05) is 7.11 Å². The van der Waals surface area contributed by atoms with Gasteiger partial charge in [-0.1, -0.05) is 12.1 Å². The van der Waals surface area contributed by atoms with E-state index in [9.17, 15) is 4.79 Å². The number of aromatic nitrogens is 1. The van der Waals surface area contributed by atoms with Crippen molar-refractivity contribution in [3.63, 3.8) is 0 Å². The van der Waals surface area contributed by atoms with Crippen molar-refractivity contribution in [2.45, 2.75) is 47.2 Å². The second kappa shape index (κ2) is 6.90. The Morgan fingerprint density at radius 2 is 1.91 bits per heavy atom. The number of methoxy groups -OCH3 is 1. The van der Waals surface area contributed by atoms with Gasteiger partial charge in [0.05, 0.1) is 7.11 Å². The van der Waals surface area contributed by atoms with Crippen molar-refractivity contribution < 1.29 is 9.53 Å². The van der Waals surface area contributed by atoms with Crippen LogP contribution in [0.5, 0.6) is 5.75 Å². The Balaban J connectivity index is 2.44. The molecule has 1 amide bonds. The molecule has 0 radical (unpaired) electrons. The van der Waals surface area contributed by atoms with Gasteiger partial charge in [0.2, 0.25) is 0 Å². The second-order valence-corrected chi connectivity index (χ2v) is 6.25. The number of nitrogens with zero attached hydrogens (tertiary/aromatic N) is 1. The summed E-state index contributed by atoms with van der Waals surface area (Å²) >= 11 is 0. The Morgan fingerprint density at radius 3 is 2.52 bits per heavy atom. The van der Waals surface area contributed by atoms with E-state index in [1.54, 1.807) is 7.11 Å². The van der Waals surface area contributed by atoms with Crippen molar-refractivity contribution in [3.05, 3.63) is 52.3 Å². The molecule has 1 N–H and O–H groups in total. The van der Waals surface area contributed by atoms with E-state index in [-0.39, 0.29) is 11.9 Å². The molecule has 0 saturated heterocycles. The maximum atomic E-state index is 12.6. The summed E-state index contributed by atoms with van der Waals surface area (Å²) in [5, 5.41) is 3.00. The first kappa shape index (κ1) is 17.1. The SMILES string of the molecule is COc1cccc(Cn2c(C)c(C)c(C)c2C(=O)NC(C)C)c1. The van der Waals surface area contributed by atoms with Gasteiger partial charge in [-0.05, 0) is 63.4 Å². The minimum atomic E-state index is -0.0170. The lowest BCUT2D eigenvalue weighted by molar-refractivity contribution is 0.0933. The molecule has 2 aromatic rings. The van der Waals surface area contributed by atoms with Crippen molar-refractivity contribution in [1.29, 1.82) is 0 Å². The van der Waals surface area contributed by atoms with E-state index < -0.39 is 0 Å². The van der Waals surface area contributed by atoms with Gasteiger partial charge >= 0.3 is 0 Å². The molecule has 124 valence electrons. The molecule has 0 fully saturated rings. The Bertz CT molecular complexity index is 714. The van der Waals surface area contributed by atoms with Gasteiger partial charge < -0.3 is 14.6 Å². The maximum Gasteiger partial charge on any atom is 0.268 e. The van der Waals surface area contributed by atoms with E-state index in [4.69, 9.17) is 4.74 Å². The topological polar surface area (TPSA) is 43.3 Å². The highest BCUT2D eigenvalue weighted by Crippen LogP contribution is 2.23. The Hall–Kier alpha value is -2.23. The summed E-state index contributed by atoms with van der Waals surface area (Å²) in [6.45, 7) is 10.7. The summed E-state index contributed by atoms with van der Waals surface area (Å²) in [6, 6.07) is 8.07. The lowest BCUT2D eigenvalue weighted by Gasteiger charge is -2.15. The van der Waals surface area contributed by atoms with Gasteiger partial charge in [-0.3, -0.25) is 4.79 Å². The van der Waals surface area contributed by atoms with Crippen LogP contribution in [-0.2, 0) is 6.54 Å². The fraction of sp³-hybridized carbons (Fsp3) is 0.421. The van der Waals surface area contributed by atoms with Crippen molar-refractivity contribution in [3.8, 4) is 5.75 Å². The summed E-state index contributed by atoms with van der Waals surface area (Å²) in [4.78, 5) is 12.6. The summed E-state index contributed by atoms with van der Waals surface area (Å²) in [7, 11) is 1.66. The first-order valence-corrected chi connectivity index (χ1v) is 7.95. The molecule has 0 saturated carbocycles. The minimum absolute atomic E-state index is 0.0170. The molecule has 0 aliphatic carbocycles. The van der Waals surface area contributed by atoms with Crippen LogP contribution in [0.1, 0.15) is 46.7 Å². The highest BCUT2D eigenvalue weighted by Gasteiger charge is 2.21. The van der Waals surface area contributed by atoms with Crippen LogP contribution in [0.2, 0.25) is 0 Å². The third-order valence-electron chi connectivity index (χ3n) is 4.24. The van der Waals surface area contributed by atoms with Crippen LogP contribution >= 0.6 is 0 Å². The molecule has 0 bridgehead atoms. The van der Waals surface area contributed by atoms with Crippen LogP contribution in [-0.4, -0.2) is 23.6 Å². The predicted molar refractivity (Wildman–Crippen MR) is 93.3 cm³/mol. The average molecular weight is 314 g/mol. The highest BCUT2D eigenvalue weighted by molar-refractivity contribution is 5.95. The van der Waals surface area contributed by atoms with Gasteiger partial charge in [0.15, 0.2) is 0 Å². The van der Waals surface area contributed by atoms with Crippen LogP contribution in [0.4, 0.5) is 0 Å². The number of benzene rings is 1. The van der Waals surface area contributed by atoms with E-state index in [0.29, 0.717) is 6.54 Å². The third kappa shape index (κ3) is 3.58. The van der Waals surface area contributed by atoms with E-state index >= 15 is 0 Å². The molecule has 4 heteroatoms. The summed E-state index contributed by atoms with van der Waals surface area (Å²) in [6.07, 6.45) is 0. The molecule has 4 nitrogen and oxygen atoms in total. The zero-order valence-corrected chi connectivity index (χ0v) is 14.9. The number of hydrogen-bond acceptors (Lipinski definition) is 2. The second-order valence-electron chi connectivity index (χ2n) is 6.25. The molecule has 1 aromatic carbocycles. The Morgan fingerprint density at radius 1 is 1.22 bits per heavy atom. The molecule has 1 aromatic heterocycles. The standard InChI is InChI=1S/C19H26N2O2/c1-12(2)20-19(22)18-14(4)13(3)15(5)21(18)11-16-8-7-9-17(10-16)23-6/h7-10,12H,11H2,1-6H3,(H,20,22). The first-order valence-electron chi connectivity index (χ1n) is 7.95. The molecule has 23 heavy (non-hydrogen) atoms. The molecule has 0 spiro atoms. The van der Waals surface area contributed by atoms with E-state index in [2.05, 4.69) is 29.8 Å². The number of ether oxygens (including phenoxy) is 1. The number of nitrogens with one attached hydrogen (secondary N) is 1. The quantitative estimate of drug-likeness (QED) is 0.916. The smallest absolute Gasteiger partial charge is 0.268 e. The van der Waals surface area contributed by atoms with Crippen molar-refractivity contribution >= 4 is 5.91 Å². The number of rotatable bonds is 5. The first-order chi connectivity index (χ1) is 10.8. The van der Waals surface area contributed by atoms with Crippen molar-refractivity contribution in [1.82, 2.24) is 9.88 Å². The number of hydrogen-bond donors (Lipinski definition) is 1. The molecule has 0 aliphatic rings. The van der Waals surface area contributed by atoms with Gasteiger partial charge in [-0.15, -0.1) is 0 Å². The zero-order chi connectivity index (χ0) is 17.1. The number of amides is 1. The largest absolute Gasteiger partial charge is 0.497 e. The van der Waals surface area contributed by atoms with E-state index in [0.717, 1.165) is 28.3 Å². The summed E-state index contributed by atoms with van der Waals surface area (Å²) < 4.78 is 7.39. The lowest BCUT2D eigenvalue weighted by atomic mass is 10.1. The van der Waals surface area contributed by atoms with E-state index in [1.807, 2.05) is 39.0 Å². The molecule has 0 atom stereocenters. The maximum absolute atomic E-state index is 12.6. The fourth-order valence-corrected chi connectivity index (χ4v) is 2.80. The lowest BCUT2D eigenvalue weighted by Crippen LogP contribution is -2.32. The monoisotopic (exact) mass is 314 g/mol. The summed E-state index contributed by atoms with van der Waals surface area (Å²) in [5.74, 6) is 0.811. The van der Waals surface area contributed by atoms with Gasteiger partial charge in [0, 0.05) is 18.3 Å². The van der Waals surface area contributed by atoms with Crippen LogP contribution in [0.15, 0.2) is 24.3 Å². The van der Waals surface area contributed by atoms with Crippen molar-refractivity contribution in [2.24, 2.45) is 0 Å². The van der Waals surface area contributed by atoms with Gasteiger partial charge in [0.25, 0.3) is 5.91 Å². The molecule has 1 heterocycles. The fourth-order valence-electron chi connectivity index (χ4n) is 2.80. The van der Waals surface area contributed by atoms with Crippen LogP contribution in [0, 0.1) is 20.8 Å².